The van der Waals surface area contributed by atoms with Crippen molar-refractivity contribution in [3.63, 3.8) is 0 Å². The summed E-state index contributed by atoms with van der Waals surface area (Å²) in [5.41, 5.74) is 3.92. The molecule has 0 spiro atoms. The molecule has 3 aromatic rings. The Morgan fingerprint density at radius 1 is 0.780 bits per heavy atom. The fraction of sp³-hybridized carbons (Fsp3) is 0.600. The van der Waals surface area contributed by atoms with Gasteiger partial charge in [0, 0.05) is 34.2 Å². The van der Waals surface area contributed by atoms with Crippen molar-refractivity contribution >= 4 is 34.6 Å². The highest BCUT2D eigenvalue weighted by Gasteiger charge is 2.32. The van der Waals surface area contributed by atoms with Crippen molar-refractivity contribution in [2.45, 2.75) is 40.2 Å². The zero-order valence-electron chi connectivity index (χ0n) is 29.5. The van der Waals surface area contributed by atoms with Gasteiger partial charge in [0.05, 0.1) is 98.0 Å². The van der Waals surface area contributed by atoms with Crippen LogP contribution in [0.3, 0.4) is 0 Å². The average molecular weight is 736 g/mol. The van der Waals surface area contributed by atoms with Crippen LogP contribution in [0.15, 0.2) is 29.3 Å². The highest BCUT2D eigenvalue weighted by Crippen LogP contribution is 2.39. The van der Waals surface area contributed by atoms with Crippen molar-refractivity contribution in [3.8, 4) is 5.00 Å². The number of nitrogens with one attached hydrogen (secondary N) is 1. The lowest BCUT2D eigenvalue weighted by molar-refractivity contribution is -0.121. The maximum Gasteiger partial charge on any atom is 0.222 e. The minimum Gasteiger partial charge on any atom is -0.379 e. The summed E-state index contributed by atoms with van der Waals surface area (Å²) >= 11 is 7.88. The van der Waals surface area contributed by atoms with Crippen LogP contribution >= 0.6 is 22.9 Å². The monoisotopic (exact) mass is 735 g/mol. The third-order valence-electron chi connectivity index (χ3n) is 7.74. The average Bonchev–Trinajstić information content (AvgIpc) is 3.59. The van der Waals surface area contributed by atoms with Crippen molar-refractivity contribution in [1.29, 1.82) is 0 Å². The number of fused-ring (bicyclic) bond motifs is 3. The van der Waals surface area contributed by atoms with Crippen molar-refractivity contribution in [2.24, 2.45) is 4.99 Å². The van der Waals surface area contributed by atoms with Crippen molar-refractivity contribution in [1.82, 2.24) is 20.1 Å². The Hall–Kier alpha value is -2.79. The fourth-order valence-corrected chi connectivity index (χ4v) is 6.45. The highest BCUT2D eigenvalue weighted by atomic mass is 35.5. The molecular weight excluding hydrogens is 686 g/mol. The molecule has 1 N–H and O–H groups in total. The van der Waals surface area contributed by atoms with E-state index in [9.17, 15) is 4.79 Å². The summed E-state index contributed by atoms with van der Waals surface area (Å²) in [6.45, 7) is 15.6. The van der Waals surface area contributed by atoms with Gasteiger partial charge in [0.1, 0.15) is 16.9 Å². The first kappa shape index (κ1) is 40.0. The second-order valence-corrected chi connectivity index (χ2v) is 13.0. The van der Waals surface area contributed by atoms with E-state index in [1.54, 1.807) is 11.3 Å². The van der Waals surface area contributed by atoms with E-state index in [1.165, 1.54) is 4.88 Å². The predicted molar refractivity (Wildman–Crippen MR) is 192 cm³/mol. The van der Waals surface area contributed by atoms with Crippen LogP contribution in [-0.2, 0) is 38.0 Å². The molecule has 0 bridgehead atoms. The number of aryl methyl sites for hydroxylation is 2. The molecule has 0 radical (unpaired) electrons. The number of carbonyl (C=O) groups excluding carboxylic acids is 1. The summed E-state index contributed by atoms with van der Waals surface area (Å²) in [6.07, 6.45) is 0.120. The SMILES string of the molecule is CCOCCOCCOCCOCCOCCOCCOCCNC(=O)C[C@@H]1N=C(c2ccc(Cl)cc2)c2c(sc(C)c2C)-n2c(C)nnc21. The van der Waals surface area contributed by atoms with E-state index in [2.05, 4.69) is 29.4 Å². The second-order valence-electron chi connectivity index (χ2n) is 11.3. The number of amides is 1. The topological polar surface area (TPSA) is 137 Å². The lowest BCUT2D eigenvalue weighted by Crippen LogP contribution is -2.29. The molecule has 0 fully saturated rings. The van der Waals surface area contributed by atoms with E-state index < -0.39 is 6.04 Å². The van der Waals surface area contributed by atoms with Crippen molar-refractivity contribution < 1.29 is 38.0 Å². The van der Waals surface area contributed by atoms with Crippen LogP contribution in [0.4, 0.5) is 0 Å². The summed E-state index contributed by atoms with van der Waals surface area (Å²) in [7, 11) is 0. The number of hydrogen-bond donors (Lipinski definition) is 1. The van der Waals surface area contributed by atoms with Gasteiger partial charge in [-0.15, -0.1) is 21.5 Å². The Labute approximate surface area is 303 Å². The predicted octanol–water partition coefficient (Wildman–Crippen LogP) is 4.44. The van der Waals surface area contributed by atoms with Crippen LogP contribution in [0.25, 0.3) is 5.00 Å². The van der Waals surface area contributed by atoms with Gasteiger partial charge >= 0.3 is 0 Å². The van der Waals surface area contributed by atoms with Gasteiger partial charge in [0.15, 0.2) is 5.82 Å². The molecule has 2 aromatic heterocycles. The van der Waals surface area contributed by atoms with Gasteiger partial charge < -0.3 is 38.5 Å². The fourth-order valence-electron chi connectivity index (χ4n) is 5.11. The molecule has 276 valence electrons. The summed E-state index contributed by atoms with van der Waals surface area (Å²) < 4.78 is 40.2. The molecule has 1 atom stereocenters. The Balaban J connectivity index is 1.08. The number of benzene rings is 1. The number of thiophene rings is 1. The van der Waals surface area contributed by atoms with Crippen LogP contribution in [-0.4, -0.2) is 125 Å². The van der Waals surface area contributed by atoms with E-state index in [0.29, 0.717) is 110 Å². The molecule has 50 heavy (non-hydrogen) atoms. The number of nitrogens with zero attached hydrogens (tertiary/aromatic N) is 4. The van der Waals surface area contributed by atoms with E-state index >= 15 is 0 Å². The van der Waals surface area contributed by atoms with Gasteiger partial charge in [-0.1, -0.05) is 23.7 Å². The maximum atomic E-state index is 13.1. The standard InChI is InChI=1S/C35H50ClN5O8S/c1-5-43-12-13-45-16-17-47-20-21-49-23-22-48-19-18-46-15-14-44-11-10-37-31(42)24-30-34-40-39-27(4)41(34)35-32(25(2)26(3)50-35)33(38-30)28-6-8-29(36)9-7-28/h6-9,30H,5,10-24H2,1-4H3,(H,37,42)/t30-/m0/s1. The molecule has 1 amide bonds. The number of ether oxygens (including phenoxy) is 7. The minimum atomic E-state index is -0.523. The van der Waals surface area contributed by atoms with Gasteiger partial charge in [-0.05, 0) is 45.4 Å². The maximum absolute atomic E-state index is 13.1. The minimum absolute atomic E-state index is 0.120. The van der Waals surface area contributed by atoms with Crippen LogP contribution in [0.5, 0.6) is 0 Å². The molecule has 0 aliphatic carbocycles. The molecule has 15 heteroatoms. The highest BCUT2D eigenvalue weighted by molar-refractivity contribution is 7.15. The van der Waals surface area contributed by atoms with Gasteiger partial charge in [-0.25, -0.2) is 0 Å². The zero-order chi connectivity index (χ0) is 35.6. The number of aromatic nitrogens is 3. The Bertz CT molecular complexity index is 1480. The molecule has 13 nitrogen and oxygen atoms in total. The molecule has 3 heterocycles. The number of carbonyl (C=O) groups is 1. The van der Waals surface area contributed by atoms with E-state index in [-0.39, 0.29) is 12.3 Å². The van der Waals surface area contributed by atoms with E-state index in [0.717, 1.165) is 33.2 Å². The molecule has 1 aliphatic rings. The molecule has 1 aromatic carbocycles. The summed E-state index contributed by atoms with van der Waals surface area (Å²) in [4.78, 5) is 19.4. The van der Waals surface area contributed by atoms with Crippen LogP contribution in [0, 0.1) is 20.8 Å². The van der Waals surface area contributed by atoms with E-state index in [4.69, 9.17) is 49.8 Å². The first-order chi connectivity index (χ1) is 24.4. The van der Waals surface area contributed by atoms with Gasteiger partial charge in [0.2, 0.25) is 5.91 Å². The lowest BCUT2D eigenvalue weighted by atomic mass is 9.99. The van der Waals surface area contributed by atoms with Gasteiger partial charge in [0.25, 0.3) is 0 Å². The number of hydrogen-bond acceptors (Lipinski definition) is 12. The van der Waals surface area contributed by atoms with E-state index in [1.807, 2.05) is 42.7 Å². The first-order valence-electron chi connectivity index (χ1n) is 17.1. The second kappa shape index (κ2) is 22.2. The van der Waals surface area contributed by atoms with Crippen LogP contribution < -0.4 is 5.32 Å². The van der Waals surface area contributed by atoms with Crippen LogP contribution in [0.1, 0.15) is 52.6 Å². The molecule has 4 rings (SSSR count). The van der Waals surface area contributed by atoms with Crippen molar-refractivity contribution in [2.75, 3.05) is 99.0 Å². The first-order valence-corrected chi connectivity index (χ1v) is 18.3. The Morgan fingerprint density at radius 2 is 1.30 bits per heavy atom. The summed E-state index contributed by atoms with van der Waals surface area (Å²) in [5, 5.41) is 13.4. The smallest absolute Gasteiger partial charge is 0.222 e. The lowest BCUT2D eigenvalue weighted by Gasteiger charge is -2.13. The third kappa shape index (κ3) is 12.5. The Morgan fingerprint density at radius 3 is 1.84 bits per heavy atom. The zero-order valence-corrected chi connectivity index (χ0v) is 31.1. The van der Waals surface area contributed by atoms with Crippen LogP contribution in [0.2, 0.25) is 5.02 Å². The largest absolute Gasteiger partial charge is 0.379 e. The van der Waals surface area contributed by atoms with Gasteiger partial charge in [-0.3, -0.25) is 14.4 Å². The summed E-state index contributed by atoms with van der Waals surface area (Å²) in [5.74, 6) is 1.25. The molecule has 0 saturated carbocycles. The normalized spacial score (nSPS) is 13.9. The summed E-state index contributed by atoms with van der Waals surface area (Å²) in [6, 6.07) is 7.10. The molecule has 0 unspecified atom stereocenters. The van der Waals surface area contributed by atoms with Crippen molar-refractivity contribution in [3.05, 3.63) is 62.5 Å². The Kier molecular flexibility index (Phi) is 17.8. The number of halogens is 1. The molecular formula is C35H50ClN5O8S. The van der Waals surface area contributed by atoms with Gasteiger partial charge in [-0.2, -0.15) is 0 Å². The number of aliphatic imine (C=N–C) groups is 1. The third-order valence-corrected chi connectivity index (χ3v) is 9.19. The number of rotatable bonds is 25. The quantitative estimate of drug-likeness (QED) is 0.124. The molecule has 0 saturated heterocycles. The molecule has 1 aliphatic heterocycles.